The lowest BCUT2D eigenvalue weighted by atomic mass is 9.54. The van der Waals surface area contributed by atoms with Gasteiger partial charge in [-0.25, -0.2) is 4.90 Å². The molecule has 1 heterocycles. The molecular formula is C25H16Br2ClNO2. The van der Waals surface area contributed by atoms with Crippen molar-refractivity contribution in [1.29, 1.82) is 0 Å². The molecule has 154 valence electrons. The van der Waals surface area contributed by atoms with Crippen LogP contribution in [0, 0.1) is 18.8 Å². The first-order valence-electron chi connectivity index (χ1n) is 10.0. The Kier molecular flexibility index (Phi) is 4.01. The number of anilines is 1. The van der Waals surface area contributed by atoms with Crippen molar-refractivity contribution >= 4 is 61.0 Å². The van der Waals surface area contributed by atoms with Crippen molar-refractivity contribution in [2.24, 2.45) is 11.8 Å². The molecule has 0 aromatic heterocycles. The van der Waals surface area contributed by atoms with E-state index in [1.807, 2.05) is 31.2 Å². The lowest BCUT2D eigenvalue weighted by Gasteiger charge is -2.55. The average Bonchev–Trinajstić information content (AvgIpc) is 3.05. The first kappa shape index (κ1) is 19.7. The quantitative estimate of drug-likeness (QED) is 0.270. The summed E-state index contributed by atoms with van der Waals surface area (Å²) in [6, 6.07) is 21.5. The lowest BCUT2D eigenvalue weighted by Crippen LogP contribution is -2.56. The number of hydrogen-bond acceptors (Lipinski definition) is 2. The molecule has 3 aliphatic carbocycles. The Morgan fingerprint density at radius 3 is 1.58 bits per heavy atom. The molecule has 1 saturated heterocycles. The average molecular weight is 558 g/mol. The predicted molar refractivity (Wildman–Crippen MR) is 128 cm³/mol. The van der Waals surface area contributed by atoms with Crippen LogP contribution in [0.1, 0.15) is 27.8 Å². The van der Waals surface area contributed by atoms with Gasteiger partial charge in [-0.1, -0.05) is 98.1 Å². The number of amides is 2. The molecule has 0 radical (unpaired) electrons. The summed E-state index contributed by atoms with van der Waals surface area (Å²) in [7, 11) is 0. The number of alkyl halides is 2. The minimum atomic E-state index is -0.783. The highest BCUT2D eigenvalue weighted by molar-refractivity contribution is 9.10. The molecule has 2 atom stereocenters. The molecule has 0 N–H and O–H groups in total. The highest BCUT2D eigenvalue weighted by Gasteiger charge is 2.72. The number of nitrogens with zero attached hydrogens (tertiary/aromatic N) is 1. The lowest BCUT2D eigenvalue weighted by molar-refractivity contribution is -0.122. The van der Waals surface area contributed by atoms with Gasteiger partial charge in [0.2, 0.25) is 11.8 Å². The van der Waals surface area contributed by atoms with Crippen molar-refractivity contribution in [1.82, 2.24) is 0 Å². The maximum atomic E-state index is 14.0. The summed E-state index contributed by atoms with van der Waals surface area (Å²) in [6.45, 7) is 1.84. The summed E-state index contributed by atoms with van der Waals surface area (Å²) in [5, 5.41) is 0.532. The molecule has 1 fully saturated rings. The zero-order chi connectivity index (χ0) is 21.7. The second kappa shape index (κ2) is 6.31. The van der Waals surface area contributed by atoms with E-state index < -0.39 is 20.5 Å². The van der Waals surface area contributed by atoms with Crippen LogP contribution >= 0.6 is 43.5 Å². The summed E-state index contributed by atoms with van der Waals surface area (Å²) < 4.78 is -1.57. The van der Waals surface area contributed by atoms with Crippen LogP contribution in [0.25, 0.3) is 0 Å². The number of hydrogen-bond donors (Lipinski definition) is 0. The zero-order valence-corrected chi connectivity index (χ0v) is 20.3. The monoisotopic (exact) mass is 555 g/mol. The van der Waals surface area contributed by atoms with E-state index >= 15 is 0 Å². The second-order valence-corrected chi connectivity index (χ2v) is 11.3. The summed E-state index contributed by atoms with van der Waals surface area (Å²) in [6.07, 6.45) is 0. The van der Waals surface area contributed by atoms with E-state index in [0.29, 0.717) is 10.7 Å². The number of carbonyl (C=O) groups is 2. The number of imide groups is 1. The maximum Gasteiger partial charge on any atom is 0.239 e. The first-order chi connectivity index (χ1) is 14.8. The Morgan fingerprint density at radius 1 is 0.742 bits per heavy atom. The minimum absolute atomic E-state index is 0.204. The molecule has 4 aliphatic rings. The van der Waals surface area contributed by atoms with Crippen LogP contribution in [-0.2, 0) is 18.2 Å². The van der Waals surface area contributed by atoms with Gasteiger partial charge in [0.1, 0.15) is 0 Å². The highest BCUT2D eigenvalue weighted by atomic mass is 79.9. The molecule has 31 heavy (non-hydrogen) atoms. The molecule has 0 spiro atoms. The van der Waals surface area contributed by atoms with E-state index in [2.05, 4.69) is 56.1 Å². The Balaban J connectivity index is 1.67. The topological polar surface area (TPSA) is 37.4 Å². The van der Waals surface area contributed by atoms with Crippen molar-refractivity contribution in [3.8, 4) is 0 Å². The normalized spacial score (nSPS) is 30.3. The fraction of sp³-hybridized carbons (Fsp3) is 0.200. The number of carbonyl (C=O) groups excluding carboxylic acids is 2. The fourth-order valence-corrected chi connectivity index (χ4v) is 8.22. The van der Waals surface area contributed by atoms with Crippen molar-refractivity contribution in [3.63, 3.8) is 0 Å². The molecule has 7 rings (SSSR count). The van der Waals surface area contributed by atoms with Gasteiger partial charge in [0.15, 0.2) is 0 Å². The van der Waals surface area contributed by atoms with Crippen LogP contribution in [0.2, 0.25) is 5.02 Å². The zero-order valence-electron chi connectivity index (χ0n) is 16.4. The van der Waals surface area contributed by atoms with E-state index in [9.17, 15) is 9.59 Å². The van der Waals surface area contributed by atoms with Crippen LogP contribution in [0.4, 0.5) is 5.69 Å². The Morgan fingerprint density at radius 2 is 1.16 bits per heavy atom. The number of halogens is 3. The van der Waals surface area contributed by atoms with Gasteiger partial charge >= 0.3 is 0 Å². The Labute approximate surface area is 201 Å². The standard InChI is InChI=1S/C25H16Br2ClNO2/c1-13-18(28)11-6-12-19(13)29-22(30)20-21(23(29)31)25(27)15-8-3-2-7-14(15)24(20,26)16-9-4-5-10-17(16)25/h2-12,20-21H,1H3/t20-,21+,24?,25?. The summed E-state index contributed by atoms with van der Waals surface area (Å²) in [4.78, 5) is 29.3. The summed E-state index contributed by atoms with van der Waals surface area (Å²) in [5.74, 6) is -1.57. The van der Waals surface area contributed by atoms with Crippen LogP contribution in [0.3, 0.4) is 0 Å². The smallest absolute Gasteiger partial charge is 0.239 e. The van der Waals surface area contributed by atoms with E-state index in [0.717, 1.165) is 27.8 Å². The predicted octanol–water partition coefficient (Wildman–Crippen LogP) is 6.06. The first-order valence-corrected chi connectivity index (χ1v) is 12.0. The maximum absolute atomic E-state index is 14.0. The van der Waals surface area contributed by atoms with Gasteiger partial charge in [-0.2, -0.15) is 0 Å². The van der Waals surface area contributed by atoms with Gasteiger partial charge in [-0.3, -0.25) is 9.59 Å². The largest absolute Gasteiger partial charge is 0.274 e. The van der Waals surface area contributed by atoms with Gasteiger partial charge in [0.05, 0.1) is 26.2 Å². The van der Waals surface area contributed by atoms with Crippen molar-refractivity contribution in [2.75, 3.05) is 4.90 Å². The van der Waals surface area contributed by atoms with Crippen molar-refractivity contribution < 1.29 is 9.59 Å². The molecule has 2 bridgehead atoms. The molecule has 0 unspecified atom stereocenters. The summed E-state index contributed by atoms with van der Waals surface area (Å²) in [5.41, 5.74) is 5.38. The van der Waals surface area contributed by atoms with Crippen LogP contribution in [0.15, 0.2) is 66.7 Å². The SMILES string of the molecule is Cc1c(Cl)cccc1N1C(=O)[C@@H]2[C@H](C1=O)C1(Br)c3ccccc3C2(Br)c2ccccc21. The van der Waals surface area contributed by atoms with E-state index in [1.165, 1.54) is 4.90 Å². The fourth-order valence-electron chi connectivity index (χ4n) is 5.74. The van der Waals surface area contributed by atoms with Crippen LogP contribution in [-0.4, -0.2) is 11.8 Å². The minimum Gasteiger partial charge on any atom is -0.274 e. The highest BCUT2D eigenvalue weighted by Crippen LogP contribution is 2.70. The third-order valence-corrected chi connectivity index (χ3v) is 10.2. The molecule has 3 nitrogen and oxygen atoms in total. The molecule has 3 aromatic carbocycles. The molecular weight excluding hydrogens is 542 g/mol. The molecule has 0 saturated carbocycles. The van der Waals surface area contributed by atoms with E-state index in [4.69, 9.17) is 11.6 Å². The van der Waals surface area contributed by atoms with E-state index in [-0.39, 0.29) is 11.8 Å². The van der Waals surface area contributed by atoms with Gasteiger partial charge in [0, 0.05) is 5.02 Å². The van der Waals surface area contributed by atoms with Crippen molar-refractivity contribution in [3.05, 3.63) is 99.6 Å². The van der Waals surface area contributed by atoms with Gasteiger partial charge in [-0.15, -0.1) is 0 Å². The third-order valence-electron chi connectivity index (χ3n) is 7.07. The molecule has 3 aromatic rings. The Bertz CT molecular complexity index is 1200. The van der Waals surface area contributed by atoms with Gasteiger partial charge in [-0.05, 0) is 46.9 Å². The van der Waals surface area contributed by atoms with Crippen LogP contribution in [0.5, 0.6) is 0 Å². The van der Waals surface area contributed by atoms with Gasteiger partial charge < -0.3 is 0 Å². The third kappa shape index (κ3) is 2.15. The van der Waals surface area contributed by atoms with Gasteiger partial charge in [0.25, 0.3) is 0 Å². The molecule has 6 heteroatoms. The van der Waals surface area contributed by atoms with Crippen molar-refractivity contribution in [2.45, 2.75) is 15.6 Å². The summed E-state index contributed by atoms with van der Waals surface area (Å²) >= 11 is 14.4. The molecule has 1 aliphatic heterocycles. The number of benzene rings is 3. The second-order valence-electron chi connectivity index (χ2n) is 8.37. The molecule has 2 amide bonds. The van der Waals surface area contributed by atoms with Crippen LogP contribution < -0.4 is 4.90 Å². The Hall–Kier alpha value is -1.95. The van der Waals surface area contributed by atoms with E-state index in [1.54, 1.807) is 18.2 Å². The number of rotatable bonds is 1.